The van der Waals surface area contributed by atoms with Crippen LogP contribution in [0.1, 0.15) is 25.0 Å². The van der Waals surface area contributed by atoms with Gasteiger partial charge in [-0.25, -0.2) is 10.3 Å². The van der Waals surface area contributed by atoms with E-state index in [9.17, 15) is 4.39 Å². The second-order valence-corrected chi connectivity index (χ2v) is 3.48. The predicted molar refractivity (Wildman–Crippen MR) is 49.6 cm³/mol. The summed E-state index contributed by atoms with van der Waals surface area (Å²) in [5.74, 6) is 4.91. The average Bonchev–Trinajstić information content (AvgIpc) is 2.04. The first-order valence-electron chi connectivity index (χ1n) is 4.14. The van der Waals surface area contributed by atoms with E-state index in [1.165, 1.54) is 13.8 Å². The molecule has 72 valence electrons. The normalized spacial score (nSPS) is 11.7. The van der Waals surface area contributed by atoms with Crippen LogP contribution in [0.5, 0.6) is 0 Å². The SMILES string of the molecule is CC(C)(F)c1ccc(CON)cc1. The number of hydrogen-bond donors (Lipinski definition) is 1. The Morgan fingerprint density at radius 1 is 1.31 bits per heavy atom. The molecule has 0 saturated carbocycles. The van der Waals surface area contributed by atoms with Crippen molar-refractivity contribution >= 4 is 0 Å². The Bertz CT molecular complexity index is 263. The maximum Gasteiger partial charge on any atom is 0.130 e. The molecule has 0 fully saturated rings. The van der Waals surface area contributed by atoms with Gasteiger partial charge in [-0.3, -0.25) is 4.84 Å². The zero-order valence-corrected chi connectivity index (χ0v) is 7.88. The van der Waals surface area contributed by atoms with E-state index in [0.717, 1.165) is 5.56 Å². The van der Waals surface area contributed by atoms with Gasteiger partial charge in [0.1, 0.15) is 5.67 Å². The second kappa shape index (κ2) is 3.85. The molecule has 0 radical (unpaired) electrons. The summed E-state index contributed by atoms with van der Waals surface area (Å²) in [6.07, 6.45) is 0. The van der Waals surface area contributed by atoms with Crippen molar-refractivity contribution in [3.63, 3.8) is 0 Å². The van der Waals surface area contributed by atoms with Crippen LogP contribution in [0.3, 0.4) is 0 Å². The van der Waals surface area contributed by atoms with Crippen LogP contribution in [0.2, 0.25) is 0 Å². The van der Waals surface area contributed by atoms with Crippen molar-refractivity contribution in [2.24, 2.45) is 5.90 Å². The molecule has 0 aliphatic carbocycles. The lowest BCUT2D eigenvalue weighted by Gasteiger charge is -2.14. The minimum absolute atomic E-state index is 0.354. The maximum atomic E-state index is 13.4. The van der Waals surface area contributed by atoms with Gasteiger partial charge in [-0.1, -0.05) is 24.3 Å². The Hall–Kier alpha value is -0.930. The van der Waals surface area contributed by atoms with Crippen molar-refractivity contribution in [3.05, 3.63) is 35.4 Å². The van der Waals surface area contributed by atoms with Gasteiger partial charge in [0.25, 0.3) is 0 Å². The molecule has 0 heterocycles. The van der Waals surface area contributed by atoms with Crippen LogP contribution in [0.25, 0.3) is 0 Å². The van der Waals surface area contributed by atoms with Crippen molar-refractivity contribution < 1.29 is 9.23 Å². The molecule has 0 amide bonds. The van der Waals surface area contributed by atoms with Crippen molar-refractivity contribution in [2.45, 2.75) is 26.1 Å². The third-order valence-corrected chi connectivity index (χ3v) is 1.89. The van der Waals surface area contributed by atoms with Crippen molar-refractivity contribution in [1.29, 1.82) is 0 Å². The summed E-state index contributed by atoms with van der Waals surface area (Å²) in [5, 5.41) is 0. The quantitative estimate of drug-likeness (QED) is 0.729. The molecule has 3 heteroatoms. The van der Waals surface area contributed by atoms with Gasteiger partial charge in [-0.05, 0) is 25.0 Å². The molecule has 0 bridgehead atoms. The van der Waals surface area contributed by atoms with Crippen LogP contribution in [0.15, 0.2) is 24.3 Å². The topological polar surface area (TPSA) is 35.2 Å². The summed E-state index contributed by atoms with van der Waals surface area (Å²) >= 11 is 0. The summed E-state index contributed by atoms with van der Waals surface area (Å²) in [5.41, 5.74) is 0.311. The summed E-state index contributed by atoms with van der Waals surface area (Å²) in [7, 11) is 0. The van der Waals surface area contributed by atoms with Crippen molar-refractivity contribution in [2.75, 3.05) is 0 Å². The fourth-order valence-corrected chi connectivity index (χ4v) is 1.09. The fraction of sp³-hybridized carbons (Fsp3) is 0.400. The lowest BCUT2D eigenvalue weighted by molar-refractivity contribution is 0.124. The van der Waals surface area contributed by atoms with Crippen molar-refractivity contribution in [3.8, 4) is 0 Å². The number of halogens is 1. The Morgan fingerprint density at radius 3 is 2.23 bits per heavy atom. The van der Waals surface area contributed by atoms with Gasteiger partial charge < -0.3 is 0 Å². The number of alkyl halides is 1. The van der Waals surface area contributed by atoms with Gasteiger partial charge in [0, 0.05) is 0 Å². The first kappa shape index (κ1) is 10.2. The van der Waals surface area contributed by atoms with E-state index in [0.29, 0.717) is 12.2 Å². The summed E-state index contributed by atoms with van der Waals surface area (Å²) in [6.45, 7) is 3.41. The molecule has 0 spiro atoms. The van der Waals surface area contributed by atoms with Crippen molar-refractivity contribution in [1.82, 2.24) is 0 Å². The summed E-state index contributed by atoms with van der Waals surface area (Å²) in [6, 6.07) is 7.11. The number of rotatable bonds is 3. The van der Waals surface area contributed by atoms with E-state index in [2.05, 4.69) is 4.84 Å². The Kier molecular flexibility index (Phi) is 3.01. The monoisotopic (exact) mass is 183 g/mol. The van der Waals surface area contributed by atoms with Gasteiger partial charge in [0.05, 0.1) is 6.61 Å². The number of hydrogen-bond acceptors (Lipinski definition) is 2. The third-order valence-electron chi connectivity index (χ3n) is 1.89. The number of benzene rings is 1. The standard InChI is InChI=1S/C10H14FNO/c1-10(2,11)9-5-3-8(4-6-9)7-13-12/h3-6H,7,12H2,1-2H3. The highest BCUT2D eigenvalue weighted by Gasteiger charge is 2.17. The molecule has 1 aromatic carbocycles. The Labute approximate surface area is 77.5 Å². The second-order valence-electron chi connectivity index (χ2n) is 3.48. The highest BCUT2D eigenvalue weighted by atomic mass is 19.1. The molecule has 1 rings (SSSR count). The smallest absolute Gasteiger partial charge is 0.130 e. The first-order valence-corrected chi connectivity index (χ1v) is 4.14. The van der Waals surface area contributed by atoms with E-state index >= 15 is 0 Å². The molecule has 0 aromatic heterocycles. The van der Waals surface area contributed by atoms with Gasteiger partial charge in [-0.2, -0.15) is 0 Å². The zero-order valence-electron chi connectivity index (χ0n) is 7.88. The van der Waals surface area contributed by atoms with E-state index in [1.807, 2.05) is 12.1 Å². The van der Waals surface area contributed by atoms with E-state index < -0.39 is 5.67 Å². The van der Waals surface area contributed by atoms with E-state index in [1.54, 1.807) is 12.1 Å². The van der Waals surface area contributed by atoms with Crippen LogP contribution in [-0.4, -0.2) is 0 Å². The molecule has 0 atom stereocenters. The minimum atomic E-state index is -1.29. The third kappa shape index (κ3) is 2.79. The number of nitrogens with two attached hydrogens (primary N) is 1. The van der Waals surface area contributed by atoms with E-state index in [-0.39, 0.29) is 0 Å². The molecule has 0 aliphatic rings. The molecule has 13 heavy (non-hydrogen) atoms. The van der Waals surface area contributed by atoms with Crippen LogP contribution >= 0.6 is 0 Å². The molecular formula is C10H14FNO. The molecule has 0 aliphatic heterocycles. The summed E-state index contributed by atoms with van der Waals surface area (Å²) in [4.78, 5) is 4.46. The molecule has 1 aromatic rings. The predicted octanol–water partition coefficient (Wildman–Crippen LogP) is 2.28. The molecule has 0 unspecified atom stereocenters. The van der Waals surface area contributed by atoms with Gasteiger partial charge >= 0.3 is 0 Å². The van der Waals surface area contributed by atoms with Gasteiger partial charge in [0.15, 0.2) is 0 Å². The molecule has 2 N–H and O–H groups in total. The van der Waals surface area contributed by atoms with E-state index in [4.69, 9.17) is 5.90 Å². The molecule has 2 nitrogen and oxygen atoms in total. The van der Waals surface area contributed by atoms with Crippen LogP contribution < -0.4 is 5.90 Å². The Balaban J connectivity index is 2.81. The largest absolute Gasteiger partial charge is 0.300 e. The minimum Gasteiger partial charge on any atom is -0.300 e. The molecular weight excluding hydrogens is 169 g/mol. The maximum absolute atomic E-state index is 13.4. The lowest BCUT2D eigenvalue weighted by Crippen LogP contribution is -2.09. The average molecular weight is 183 g/mol. The van der Waals surface area contributed by atoms with Crippen LogP contribution in [0, 0.1) is 0 Å². The highest BCUT2D eigenvalue weighted by molar-refractivity contribution is 5.25. The zero-order chi connectivity index (χ0) is 9.90. The fourth-order valence-electron chi connectivity index (χ4n) is 1.09. The van der Waals surface area contributed by atoms with Gasteiger partial charge in [0.2, 0.25) is 0 Å². The molecule has 0 saturated heterocycles. The Morgan fingerprint density at radius 2 is 1.85 bits per heavy atom. The first-order chi connectivity index (χ1) is 6.04. The highest BCUT2D eigenvalue weighted by Crippen LogP contribution is 2.24. The van der Waals surface area contributed by atoms with Crippen LogP contribution in [0.4, 0.5) is 4.39 Å². The van der Waals surface area contributed by atoms with Crippen LogP contribution in [-0.2, 0) is 17.1 Å². The van der Waals surface area contributed by atoms with Gasteiger partial charge in [-0.15, -0.1) is 0 Å². The summed E-state index contributed by atoms with van der Waals surface area (Å²) < 4.78 is 13.4. The lowest BCUT2D eigenvalue weighted by atomic mass is 9.99.